The van der Waals surface area contributed by atoms with Crippen molar-refractivity contribution in [1.29, 1.82) is 0 Å². The highest BCUT2D eigenvalue weighted by Gasteiger charge is 2.05. The van der Waals surface area contributed by atoms with E-state index < -0.39 is 0 Å². The van der Waals surface area contributed by atoms with E-state index in [-0.39, 0.29) is 18.4 Å². The molecule has 4 N–H and O–H groups in total. The first kappa shape index (κ1) is 13.0. The predicted octanol–water partition coefficient (Wildman–Crippen LogP) is 2.37. The lowest BCUT2D eigenvalue weighted by Crippen LogP contribution is -2.20. The molecule has 1 rings (SSSR count). The monoisotopic (exact) mass is 240 g/mol. The maximum absolute atomic E-state index is 5.77. The van der Waals surface area contributed by atoms with Crippen molar-refractivity contribution in [2.75, 3.05) is 6.54 Å². The highest BCUT2D eigenvalue weighted by molar-refractivity contribution is 6.34. The second kappa shape index (κ2) is 5.68. The van der Waals surface area contributed by atoms with E-state index in [0.29, 0.717) is 16.6 Å². The first-order valence-corrected chi connectivity index (χ1v) is 4.30. The molecular formula is C8H11Cl3N2. The van der Waals surface area contributed by atoms with Gasteiger partial charge in [0.05, 0.1) is 0 Å². The van der Waals surface area contributed by atoms with Crippen LogP contribution in [0.2, 0.25) is 10.0 Å². The van der Waals surface area contributed by atoms with Gasteiger partial charge in [-0.25, -0.2) is 0 Å². The molecule has 0 amide bonds. The average molecular weight is 242 g/mol. The minimum Gasteiger partial charge on any atom is -0.329 e. The molecular weight excluding hydrogens is 230 g/mol. The molecule has 74 valence electrons. The molecule has 1 atom stereocenters. The topological polar surface area (TPSA) is 52.0 Å². The molecule has 0 spiro atoms. The van der Waals surface area contributed by atoms with Crippen LogP contribution >= 0.6 is 35.6 Å². The van der Waals surface area contributed by atoms with Crippen molar-refractivity contribution in [2.45, 2.75) is 6.04 Å². The number of rotatable bonds is 2. The van der Waals surface area contributed by atoms with Crippen LogP contribution in [0.5, 0.6) is 0 Å². The molecule has 0 saturated carbocycles. The van der Waals surface area contributed by atoms with E-state index in [9.17, 15) is 0 Å². The predicted molar refractivity (Wildman–Crippen MR) is 59.7 cm³/mol. The van der Waals surface area contributed by atoms with Gasteiger partial charge in [-0.3, -0.25) is 0 Å². The highest BCUT2D eigenvalue weighted by atomic mass is 35.5. The van der Waals surface area contributed by atoms with Crippen LogP contribution in [0, 0.1) is 0 Å². The summed E-state index contributed by atoms with van der Waals surface area (Å²) in [5.41, 5.74) is 12.0. The molecule has 0 fully saturated rings. The van der Waals surface area contributed by atoms with Gasteiger partial charge in [0.25, 0.3) is 0 Å². The van der Waals surface area contributed by atoms with Crippen molar-refractivity contribution in [3.8, 4) is 0 Å². The Balaban J connectivity index is 0.00000144. The SMILES string of the molecule is Cl.NC[C@@H](N)c1cc(Cl)cc(Cl)c1. The Bertz CT molecular complexity index is 258. The second-order valence-electron chi connectivity index (χ2n) is 2.54. The number of halogens is 3. The van der Waals surface area contributed by atoms with Gasteiger partial charge in [-0.15, -0.1) is 12.4 Å². The van der Waals surface area contributed by atoms with Crippen LogP contribution < -0.4 is 11.5 Å². The molecule has 13 heavy (non-hydrogen) atoms. The van der Waals surface area contributed by atoms with E-state index >= 15 is 0 Å². The molecule has 2 nitrogen and oxygen atoms in total. The van der Waals surface area contributed by atoms with Crippen LogP contribution in [0.4, 0.5) is 0 Å². The van der Waals surface area contributed by atoms with Gasteiger partial charge in [0, 0.05) is 22.6 Å². The van der Waals surface area contributed by atoms with E-state index in [0.717, 1.165) is 5.56 Å². The van der Waals surface area contributed by atoms with Crippen LogP contribution in [0.3, 0.4) is 0 Å². The summed E-state index contributed by atoms with van der Waals surface area (Å²) in [7, 11) is 0. The largest absolute Gasteiger partial charge is 0.329 e. The quantitative estimate of drug-likeness (QED) is 0.835. The van der Waals surface area contributed by atoms with Gasteiger partial charge >= 0.3 is 0 Å². The molecule has 1 aromatic rings. The molecule has 5 heteroatoms. The van der Waals surface area contributed by atoms with E-state index in [1.807, 2.05) is 0 Å². The van der Waals surface area contributed by atoms with E-state index in [1.54, 1.807) is 18.2 Å². The lowest BCUT2D eigenvalue weighted by atomic mass is 10.1. The maximum Gasteiger partial charge on any atom is 0.0424 e. The van der Waals surface area contributed by atoms with Crippen molar-refractivity contribution >= 4 is 35.6 Å². The average Bonchev–Trinajstić information content (AvgIpc) is 2.01. The normalized spacial score (nSPS) is 12.0. The Kier molecular flexibility index (Phi) is 5.68. The lowest BCUT2D eigenvalue weighted by molar-refractivity contribution is 0.737. The fraction of sp³-hybridized carbons (Fsp3) is 0.250. The molecule has 0 saturated heterocycles. The maximum atomic E-state index is 5.77. The minimum atomic E-state index is -0.193. The smallest absolute Gasteiger partial charge is 0.0424 e. The van der Waals surface area contributed by atoms with Gasteiger partial charge in [0.1, 0.15) is 0 Å². The Morgan fingerprint density at radius 1 is 1.15 bits per heavy atom. The molecule has 0 radical (unpaired) electrons. The van der Waals surface area contributed by atoms with Gasteiger partial charge in [-0.05, 0) is 23.8 Å². The van der Waals surface area contributed by atoms with Crippen molar-refractivity contribution in [3.63, 3.8) is 0 Å². The second-order valence-corrected chi connectivity index (χ2v) is 3.42. The van der Waals surface area contributed by atoms with E-state index in [1.165, 1.54) is 0 Å². The lowest BCUT2D eigenvalue weighted by Gasteiger charge is -2.09. The zero-order valence-corrected chi connectivity index (χ0v) is 9.16. The summed E-state index contributed by atoms with van der Waals surface area (Å²) >= 11 is 11.5. The molecule has 0 unspecified atom stereocenters. The van der Waals surface area contributed by atoms with Crippen LogP contribution in [0.15, 0.2) is 18.2 Å². The van der Waals surface area contributed by atoms with E-state index in [2.05, 4.69) is 0 Å². The van der Waals surface area contributed by atoms with Crippen LogP contribution in [0.1, 0.15) is 11.6 Å². The van der Waals surface area contributed by atoms with Gasteiger partial charge in [0.2, 0.25) is 0 Å². The summed E-state index contributed by atoms with van der Waals surface area (Å²) in [5.74, 6) is 0. The minimum absolute atomic E-state index is 0. The molecule has 0 bridgehead atoms. The van der Waals surface area contributed by atoms with E-state index in [4.69, 9.17) is 34.7 Å². The summed E-state index contributed by atoms with van der Waals surface area (Å²) in [4.78, 5) is 0. The van der Waals surface area contributed by atoms with Crippen molar-refractivity contribution in [2.24, 2.45) is 11.5 Å². The zero-order chi connectivity index (χ0) is 9.14. The molecule has 0 aliphatic rings. The molecule has 1 aromatic carbocycles. The Hall–Kier alpha value is 0.01000. The fourth-order valence-corrected chi connectivity index (χ4v) is 1.47. The van der Waals surface area contributed by atoms with Crippen LogP contribution in [0.25, 0.3) is 0 Å². The first-order chi connectivity index (χ1) is 5.63. The molecule has 0 heterocycles. The third-order valence-electron chi connectivity index (χ3n) is 1.57. The number of benzene rings is 1. The third kappa shape index (κ3) is 3.71. The third-order valence-corrected chi connectivity index (χ3v) is 2.00. The van der Waals surface area contributed by atoms with Crippen molar-refractivity contribution in [1.82, 2.24) is 0 Å². The fourth-order valence-electron chi connectivity index (χ4n) is 0.925. The summed E-state index contributed by atoms with van der Waals surface area (Å²) in [6.45, 7) is 0.386. The Morgan fingerprint density at radius 3 is 2.00 bits per heavy atom. The molecule has 0 aromatic heterocycles. The summed E-state index contributed by atoms with van der Waals surface area (Å²) < 4.78 is 0. The van der Waals surface area contributed by atoms with Gasteiger partial charge in [0.15, 0.2) is 0 Å². The van der Waals surface area contributed by atoms with Crippen LogP contribution in [-0.2, 0) is 0 Å². The number of hydrogen-bond acceptors (Lipinski definition) is 2. The van der Waals surface area contributed by atoms with Gasteiger partial charge in [-0.1, -0.05) is 23.2 Å². The van der Waals surface area contributed by atoms with Gasteiger partial charge in [-0.2, -0.15) is 0 Å². The summed E-state index contributed by atoms with van der Waals surface area (Å²) in [6, 6.07) is 5.01. The number of nitrogens with two attached hydrogens (primary N) is 2. The molecule has 0 aliphatic heterocycles. The summed E-state index contributed by atoms with van der Waals surface area (Å²) in [5, 5.41) is 1.17. The first-order valence-electron chi connectivity index (χ1n) is 3.55. The Labute approximate surface area is 93.6 Å². The number of hydrogen-bond donors (Lipinski definition) is 2. The Morgan fingerprint density at radius 2 is 1.62 bits per heavy atom. The zero-order valence-electron chi connectivity index (χ0n) is 6.84. The van der Waals surface area contributed by atoms with Gasteiger partial charge < -0.3 is 11.5 Å². The standard InChI is InChI=1S/C8H10Cl2N2.ClH/c9-6-1-5(8(12)4-11)2-7(10)3-6;/h1-3,8H,4,11-12H2;1H/t8-;/m1./s1. The van der Waals surface area contributed by atoms with Crippen molar-refractivity contribution < 1.29 is 0 Å². The van der Waals surface area contributed by atoms with Crippen molar-refractivity contribution in [3.05, 3.63) is 33.8 Å². The highest BCUT2D eigenvalue weighted by Crippen LogP contribution is 2.21. The summed E-state index contributed by atoms with van der Waals surface area (Å²) in [6.07, 6.45) is 0. The molecule has 0 aliphatic carbocycles. The van der Waals surface area contributed by atoms with Crippen LogP contribution in [-0.4, -0.2) is 6.54 Å².